The molecule has 3 aromatic rings. The number of aryl methyl sites for hydroxylation is 3. The predicted molar refractivity (Wildman–Crippen MR) is 98.7 cm³/mol. The molecule has 26 heavy (non-hydrogen) atoms. The van der Waals surface area contributed by atoms with E-state index >= 15 is 0 Å². The highest BCUT2D eigenvalue weighted by Gasteiger charge is 2.22. The number of amides is 1. The van der Waals surface area contributed by atoms with Crippen LogP contribution in [-0.2, 0) is 5.41 Å². The van der Waals surface area contributed by atoms with Gasteiger partial charge in [0, 0.05) is 11.5 Å². The van der Waals surface area contributed by atoms with Crippen molar-refractivity contribution in [1.29, 1.82) is 0 Å². The number of carbonyl (C=O) groups is 1. The van der Waals surface area contributed by atoms with Gasteiger partial charge in [0.05, 0.1) is 11.4 Å². The maximum absolute atomic E-state index is 12.6. The predicted octanol–water partition coefficient (Wildman–Crippen LogP) is 3.73. The molecule has 1 aromatic carbocycles. The third-order valence-electron chi connectivity index (χ3n) is 4.06. The maximum Gasteiger partial charge on any atom is 0.279 e. The molecule has 136 valence electrons. The summed E-state index contributed by atoms with van der Waals surface area (Å²) in [5, 5.41) is 15.4. The minimum atomic E-state index is -0.368. The number of benzene rings is 1. The summed E-state index contributed by atoms with van der Waals surface area (Å²) in [5.74, 6) is 0.691. The van der Waals surface area contributed by atoms with Crippen LogP contribution in [0.1, 0.15) is 53.8 Å². The summed E-state index contributed by atoms with van der Waals surface area (Å²) in [4.78, 5) is 14.1. The van der Waals surface area contributed by atoms with E-state index in [0.29, 0.717) is 17.3 Å². The Morgan fingerprint density at radius 2 is 1.85 bits per heavy atom. The highest BCUT2D eigenvalue weighted by molar-refractivity contribution is 6.02. The van der Waals surface area contributed by atoms with E-state index in [1.54, 1.807) is 13.0 Å². The molecule has 0 aliphatic rings. The molecule has 1 N–H and O–H groups in total. The Balaban J connectivity index is 1.84. The molecule has 3 rings (SSSR count). The van der Waals surface area contributed by atoms with Gasteiger partial charge in [0.2, 0.25) is 0 Å². The molecule has 2 aromatic heterocycles. The summed E-state index contributed by atoms with van der Waals surface area (Å²) in [6, 6.07) is 7.71. The Morgan fingerprint density at radius 1 is 1.12 bits per heavy atom. The number of aromatic nitrogens is 4. The van der Waals surface area contributed by atoms with Gasteiger partial charge < -0.3 is 9.84 Å². The van der Waals surface area contributed by atoms with Gasteiger partial charge >= 0.3 is 0 Å². The first kappa shape index (κ1) is 17.8. The smallest absolute Gasteiger partial charge is 0.279 e. The monoisotopic (exact) mass is 353 g/mol. The van der Waals surface area contributed by atoms with Crippen LogP contribution in [0.2, 0.25) is 0 Å². The molecule has 0 atom stereocenters. The minimum absolute atomic E-state index is 0.183. The van der Waals surface area contributed by atoms with E-state index in [1.807, 2.05) is 46.8 Å². The lowest BCUT2D eigenvalue weighted by Crippen LogP contribution is -2.14. The zero-order valence-corrected chi connectivity index (χ0v) is 15.9. The lowest BCUT2D eigenvalue weighted by atomic mass is 9.93. The van der Waals surface area contributed by atoms with Crippen LogP contribution < -0.4 is 5.32 Å². The van der Waals surface area contributed by atoms with Gasteiger partial charge in [-0.3, -0.25) is 4.79 Å². The fourth-order valence-corrected chi connectivity index (χ4v) is 2.59. The first-order chi connectivity index (χ1) is 12.1. The number of carbonyl (C=O) groups excluding carboxylic acids is 1. The van der Waals surface area contributed by atoms with Gasteiger partial charge in [-0.15, -0.1) is 5.10 Å². The number of hydrogen-bond acceptors (Lipinski definition) is 5. The van der Waals surface area contributed by atoms with Crippen molar-refractivity contribution < 1.29 is 9.32 Å². The van der Waals surface area contributed by atoms with Crippen molar-refractivity contribution in [3.63, 3.8) is 0 Å². The normalized spacial score (nSPS) is 11.6. The molecule has 1 amide bonds. The second-order valence-electron chi connectivity index (χ2n) is 7.49. The zero-order chi connectivity index (χ0) is 19.1. The largest absolute Gasteiger partial charge is 0.359 e. The molecule has 0 unspecified atom stereocenters. The van der Waals surface area contributed by atoms with E-state index in [2.05, 4.69) is 26.7 Å². The van der Waals surface area contributed by atoms with E-state index in [4.69, 9.17) is 4.52 Å². The van der Waals surface area contributed by atoms with E-state index in [0.717, 1.165) is 16.8 Å². The number of rotatable bonds is 3. The van der Waals surface area contributed by atoms with Crippen LogP contribution in [0.4, 0.5) is 5.82 Å². The Hall–Kier alpha value is -2.96. The van der Waals surface area contributed by atoms with E-state index in [-0.39, 0.29) is 17.0 Å². The number of hydrogen-bond donors (Lipinski definition) is 1. The van der Waals surface area contributed by atoms with E-state index in [1.165, 1.54) is 4.80 Å². The first-order valence-corrected chi connectivity index (χ1v) is 8.45. The van der Waals surface area contributed by atoms with Crippen molar-refractivity contribution in [1.82, 2.24) is 20.2 Å². The van der Waals surface area contributed by atoms with Crippen LogP contribution in [0.5, 0.6) is 0 Å². The zero-order valence-electron chi connectivity index (χ0n) is 15.9. The summed E-state index contributed by atoms with van der Waals surface area (Å²) >= 11 is 0. The van der Waals surface area contributed by atoms with E-state index in [9.17, 15) is 4.79 Å². The highest BCUT2D eigenvalue weighted by Crippen LogP contribution is 2.24. The standard InChI is InChI=1S/C19H23N5O2/c1-11-7-8-14(12(2)9-11)24-21-13(3)17(22-24)18(25)20-16-10-15(26-23-16)19(4,5)6/h7-10H,1-6H3,(H,20,23,25). The molecule has 0 aliphatic carbocycles. The number of nitrogens with zero attached hydrogens (tertiary/aromatic N) is 4. The lowest BCUT2D eigenvalue weighted by molar-refractivity contribution is 0.102. The molecule has 7 nitrogen and oxygen atoms in total. The molecule has 0 spiro atoms. The van der Waals surface area contributed by atoms with Gasteiger partial charge in [-0.05, 0) is 32.4 Å². The van der Waals surface area contributed by atoms with Crippen molar-refractivity contribution in [3.8, 4) is 5.69 Å². The quantitative estimate of drug-likeness (QED) is 0.775. The van der Waals surface area contributed by atoms with Gasteiger partial charge in [0.15, 0.2) is 11.5 Å². The summed E-state index contributed by atoms with van der Waals surface area (Å²) in [5.41, 5.74) is 3.66. The van der Waals surface area contributed by atoms with Crippen LogP contribution in [0, 0.1) is 20.8 Å². The van der Waals surface area contributed by atoms with Gasteiger partial charge in [0.1, 0.15) is 5.76 Å². The molecule has 0 bridgehead atoms. The van der Waals surface area contributed by atoms with Crippen molar-refractivity contribution in [2.45, 2.75) is 47.0 Å². The lowest BCUT2D eigenvalue weighted by Gasteiger charge is -2.11. The summed E-state index contributed by atoms with van der Waals surface area (Å²) in [6.07, 6.45) is 0. The van der Waals surface area contributed by atoms with Gasteiger partial charge in [-0.1, -0.05) is 43.6 Å². The molecule has 0 saturated carbocycles. The molecular weight excluding hydrogens is 330 g/mol. The summed E-state index contributed by atoms with van der Waals surface area (Å²) in [6.45, 7) is 11.8. The van der Waals surface area contributed by atoms with Gasteiger partial charge in [0.25, 0.3) is 5.91 Å². The molecule has 0 saturated heterocycles. The topological polar surface area (TPSA) is 85.8 Å². The Bertz CT molecular complexity index is 963. The SMILES string of the molecule is Cc1ccc(-n2nc(C)c(C(=O)Nc3cc(C(C)(C)C)on3)n2)c(C)c1. The van der Waals surface area contributed by atoms with Crippen LogP contribution in [0.25, 0.3) is 5.69 Å². The van der Waals surface area contributed by atoms with Crippen molar-refractivity contribution in [3.05, 3.63) is 52.5 Å². The average molecular weight is 353 g/mol. The first-order valence-electron chi connectivity index (χ1n) is 8.45. The molecule has 7 heteroatoms. The molecule has 0 fully saturated rings. The van der Waals surface area contributed by atoms with Gasteiger partial charge in [-0.25, -0.2) is 0 Å². The van der Waals surface area contributed by atoms with Crippen molar-refractivity contribution in [2.24, 2.45) is 0 Å². The van der Waals surface area contributed by atoms with Crippen LogP contribution in [-0.4, -0.2) is 26.1 Å². The number of nitrogens with one attached hydrogen (secondary N) is 1. The fraction of sp³-hybridized carbons (Fsp3) is 0.368. The van der Waals surface area contributed by atoms with Crippen molar-refractivity contribution >= 4 is 11.7 Å². The molecule has 2 heterocycles. The second kappa shape index (κ2) is 6.40. The Kier molecular flexibility index (Phi) is 4.39. The molecule has 0 radical (unpaired) electrons. The van der Waals surface area contributed by atoms with Crippen LogP contribution in [0.15, 0.2) is 28.8 Å². The third kappa shape index (κ3) is 3.51. The average Bonchev–Trinajstić information content (AvgIpc) is 3.13. The summed E-state index contributed by atoms with van der Waals surface area (Å²) < 4.78 is 5.29. The second-order valence-corrected chi connectivity index (χ2v) is 7.49. The Labute approximate surface area is 152 Å². The van der Waals surface area contributed by atoms with Crippen LogP contribution in [0.3, 0.4) is 0 Å². The van der Waals surface area contributed by atoms with Gasteiger partial charge in [-0.2, -0.15) is 9.90 Å². The fourth-order valence-electron chi connectivity index (χ4n) is 2.59. The highest BCUT2D eigenvalue weighted by atomic mass is 16.5. The third-order valence-corrected chi connectivity index (χ3v) is 4.06. The van der Waals surface area contributed by atoms with E-state index < -0.39 is 0 Å². The maximum atomic E-state index is 12.6. The van der Waals surface area contributed by atoms with Crippen molar-refractivity contribution in [2.75, 3.05) is 5.32 Å². The minimum Gasteiger partial charge on any atom is -0.359 e. The number of anilines is 1. The molecular formula is C19H23N5O2. The Morgan fingerprint density at radius 3 is 2.46 bits per heavy atom. The van der Waals surface area contributed by atoms with Crippen LogP contribution >= 0.6 is 0 Å². The summed E-state index contributed by atoms with van der Waals surface area (Å²) in [7, 11) is 0. The molecule has 0 aliphatic heterocycles.